The van der Waals surface area contributed by atoms with Crippen LogP contribution in [0.1, 0.15) is 12.5 Å². The normalized spacial score (nSPS) is 20.6. The van der Waals surface area contributed by atoms with Crippen LogP contribution in [0.2, 0.25) is 0 Å². The summed E-state index contributed by atoms with van der Waals surface area (Å²) in [4.78, 5) is 13.7. The van der Waals surface area contributed by atoms with E-state index >= 15 is 0 Å². The molecule has 0 aliphatic carbocycles. The maximum atomic E-state index is 11.6. The fourth-order valence-corrected chi connectivity index (χ4v) is 2.16. The van der Waals surface area contributed by atoms with Crippen molar-refractivity contribution in [1.82, 2.24) is 10.2 Å². The average molecular weight is 249 g/mol. The number of hydrogen-bond acceptors (Lipinski definition) is 4. The highest BCUT2D eigenvalue weighted by atomic mass is 16.5. The molecule has 0 aromatic heterocycles. The zero-order valence-electron chi connectivity index (χ0n) is 10.8. The molecule has 1 fully saturated rings. The van der Waals surface area contributed by atoms with E-state index in [0.29, 0.717) is 18.0 Å². The second kappa shape index (κ2) is 5.27. The predicted octanol–water partition coefficient (Wildman–Crippen LogP) is 0.598. The van der Waals surface area contributed by atoms with E-state index < -0.39 is 0 Å². The minimum Gasteiger partial charge on any atom is -0.495 e. The highest BCUT2D eigenvalue weighted by Gasteiger charge is 2.25. The number of anilines is 1. The Morgan fingerprint density at radius 3 is 3.00 bits per heavy atom. The van der Waals surface area contributed by atoms with Gasteiger partial charge in [-0.2, -0.15) is 0 Å². The summed E-state index contributed by atoms with van der Waals surface area (Å²) in [7, 11) is 1.60. The van der Waals surface area contributed by atoms with Crippen molar-refractivity contribution in [2.45, 2.75) is 19.5 Å². The molecule has 18 heavy (non-hydrogen) atoms. The summed E-state index contributed by atoms with van der Waals surface area (Å²) in [6.07, 6.45) is 0. The Balaban J connectivity index is 2.09. The second-order valence-corrected chi connectivity index (χ2v) is 4.51. The first-order valence-corrected chi connectivity index (χ1v) is 6.06. The second-order valence-electron chi connectivity index (χ2n) is 4.51. The lowest BCUT2D eigenvalue weighted by Crippen LogP contribution is -2.53. The Hall–Kier alpha value is -1.75. The van der Waals surface area contributed by atoms with Gasteiger partial charge in [-0.25, -0.2) is 0 Å². The van der Waals surface area contributed by atoms with Gasteiger partial charge >= 0.3 is 0 Å². The molecular formula is C13H19N3O2. The van der Waals surface area contributed by atoms with E-state index in [2.05, 4.69) is 10.2 Å². The van der Waals surface area contributed by atoms with E-state index in [-0.39, 0.29) is 11.9 Å². The molecule has 1 unspecified atom stereocenters. The lowest BCUT2D eigenvalue weighted by atomic mass is 10.1. The van der Waals surface area contributed by atoms with Crippen LogP contribution >= 0.6 is 0 Å². The van der Waals surface area contributed by atoms with Crippen LogP contribution in [-0.4, -0.2) is 37.0 Å². The molecular weight excluding hydrogens is 230 g/mol. The van der Waals surface area contributed by atoms with E-state index in [0.717, 1.165) is 18.7 Å². The van der Waals surface area contributed by atoms with E-state index in [4.69, 9.17) is 10.5 Å². The number of nitrogens with two attached hydrogens (primary N) is 1. The van der Waals surface area contributed by atoms with E-state index in [9.17, 15) is 4.79 Å². The van der Waals surface area contributed by atoms with E-state index in [1.165, 1.54) is 0 Å². The van der Waals surface area contributed by atoms with Gasteiger partial charge in [0.05, 0.1) is 18.8 Å². The summed E-state index contributed by atoms with van der Waals surface area (Å²) in [6.45, 7) is 4.21. The molecule has 0 radical (unpaired) electrons. The molecule has 1 aliphatic heterocycles. The fourth-order valence-electron chi connectivity index (χ4n) is 2.16. The van der Waals surface area contributed by atoms with Gasteiger partial charge in [0.25, 0.3) is 0 Å². The van der Waals surface area contributed by atoms with Crippen LogP contribution in [0.5, 0.6) is 5.75 Å². The number of nitrogens with one attached hydrogen (secondary N) is 1. The van der Waals surface area contributed by atoms with Crippen molar-refractivity contribution < 1.29 is 9.53 Å². The van der Waals surface area contributed by atoms with Crippen molar-refractivity contribution in [3.8, 4) is 5.75 Å². The quantitative estimate of drug-likeness (QED) is 0.770. The summed E-state index contributed by atoms with van der Waals surface area (Å²) in [5, 5.41) is 2.85. The number of carbonyl (C=O) groups excluding carboxylic acids is 1. The molecule has 1 aromatic carbocycles. The third kappa shape index (κ3) is 2.56. The zero-order chi connectivity index (χ0) is 13.1. The Morgan fingerprint density at radius 2 is 2.33 bits per heavy atom. The predicted molar refractivity (Wildman–Crippen MR) is 70.3 cm³/mol. The Bertz CT molecular complexity index is 448. The van der Waals surface area contributed by atoms with Gasteiger partial charge < -0.3 is 15.8 Å². The maximum Gasteiger partial charge on any atom is 0.237 e. The molecule has 3 N–H and O–H groups in total. The lowest BCUT2D eigenvalue weighted by Gasteiger charge is -2.32. The molecule has 5 heteroatoms. The standard InChI is InChI=1S/C13H19N3O2/c1-9-13(17)15-5-6-16(9)8-10-3-4-12(18-2)11(14)7-10/h3-4,7,9H,5-6,8,14H2,1-2H3,(H,15,17). The van der Waals surface area contributed by atoms with Crippen molar-refractivity contribution in [1.29, 1.82) is 0 Å². The Morgan fingerprint density at radius 1 is 1.56 bits per heavy atom. The van der Waals surface area contributed by atoms with Crippen LogP contribution in [0.4, 0.5) is 5.69 Å². The number of benzene rings is 1. The average Bonchev–Trinajstić information content (AvgIpc) is 2.35. The smallest absolute Gasteiger partial charge is 0.237 e. The number of nitrogens with zero attached hydrogens (tertiary/aromatic N) is 1. The third-order valence-corrected chi connectivity index (χ3v) is 3.31. The summed E-state index contributed by atoms with van der Waals surface area (Å²) in [6, 6.07) is 5.65. The van der Waals surface area contributed by atoms with Gasteiger partial charge in [0.15, 0.2) is 0 Å². The molecule has 1 amide bonds. The summed E-state index contributed by atoms with van der Waals surface area (Å²) in [5.74, 6) is 0.769. The van der Waals surface area contributed by atoms with Crippen LogP contribution in [-0.2, 0) is 11.3 Å². The molecule has 0 bridgehead atoms. The minimum absolute atomic E-state index is 0.0859. The molecule has 1 aliphatic rings. The Kier molecular flexibility index (Phi) is 3.72. The molecule has 5 nitrogen and oxygen atoms in total. The van der Waals surface area contributed by atoms with Crippen molar-refractivity contribution in [2.75, 3.05) is 25.9 Å². The number of methoxy groups -OCH3 is 1. The van der Waals surface area contributed by atoms with Crippen LogP contribution in [0.15, 0.2) is 18.2 Å². The van der Waals surface area contributed by atoms with Gasteiger partial charge in [-0.3, -0.25) is 9.69 Å². The minimum atomic E-state index is -0.0953. The summed E-state index contributed by atoms with van der Waals surface area (Å²) >= 11 is 0. The van der Waals surface area contributed by atoms with Crippen LogP contribution in [0.3, 0.4) is 0 Å². The first-order chi connectivity index (χ1) is 8.61. The van der Waals surface area contributed by atoms with E-state index in [1.54, 1.807) is 7.11 Å². The number of piperazine rings is 1. The van der Waals surface area contributed by atoms with Crippen molar-refractivity contribution in [2.24, 2.45) is 0 Å². The molecule has 1 saturated heterocycles. The molecule has 2 rings (SSSR count). The zero-order valence-corrected chi connectivity index (χ0v) is 10.8. The number of ether oxygens (including phenoxy) is 1. The first-order valence-electron chi connectivity index (χ1n) is 6.06. The number of nitrogen functional groups attached to an aromatic ring is 1. The van der Waals surface area contributed by atoms with Gasteiger partial charge in [0.2, 0.25) is 5.91 Å². The fraction of sp³-hybridized carbons (Fsp3) is 0.462. The van der Waals surface area contributed by atoms with Crippen molar-refractivity contribution >= 4 is 11.6 Å². The van der Waals surface area contributed by atoms with Gasteiger partial charge in [0.1, 0.15) is 5.75 Å². The van der Waals surface area contributed by atoms with Gasteiger partial charge in [-0.1, -0.05) is 6.07 Å². The van der Waals surface area contributed by atoms with Gasteiger partial charge in [-0.15, -0.1) is 0 Å². The largest absolute Gasteiger partial charge is 0.495 e. The molecule has 1 aromatic rings. The van der Waals surface area contributed by atoms with Crippen molar-refractivity contribution in [3.63, 3.8) is 0 Å². The van der Waals surface area contributed by atoms with Crippen LogP contribution in [0, 0.1) is 0 Å². The summed E-state index contributed by atoms with van der Waals surface area (Å²) < 4.78 is 5.13. The third-order valence-electron chi connectivity index (χ3n) is 3.31. The molecule has 1 atom stereocenters. The SMILES string of the molecule is COc1ccc(CN2CCNC(=O)C2C)cc1N. The Labute approximate surface area is 107 Å². The molecule has 0 saturated carbocycles. The molecule has 0 spiro atoms. The lowest BCUT2D eigenvalue weighted by molar-refractivity contribution is -0.128. The molecule has 1 heterocycles. The highest BCUT2D eigenvalue weighted by Crippen LogP contribution is 2.23. The number of carbonyl (C=O) groups is 1. The number of hydrogen-bond donors (Lipinski definition) is 2. The van der Waals surface area contributed by atoms with Crippen LogP contribution < -0.4 is 15.8 Å². The first kappa shape index (κ1) is 12.7. The number of rotatable bonds is 3. The highest BCUT2D eigenvalue weighted by molar-refractivity contribution is 5.82. The van der Waals surface area contributed by atoms with Crippen LogP contribution in [0.25, 0.3) is 0 Å². The van der Waals surface area contributed by atoms with Gasteiger partial charge in [-0.05, 0) is 24.6 Å². The number of amides is 1. The van der Waals surface area contributed by atoms with Crippen molar-refractivity contribution in [3.05, 3.63) is 23.8 Å². The molecule has 98 valence electrons. The van der Waals surface area contributed by atoms with Gasteiger partial charge in [0, 0.05) is 19.6 Å². The van der Waals surface area contributed by atoms with E-state index in [1.807, 2.05) is 25.1 Å². The topological polar surface area (TPSA) is 67.6 Å². The monoisotopic (exact) mass is 249 g/mol. The maximum absolute atomic E-state index is 11.6. The summed E-state index contributed by atoms with van der Waals surface area (Å²) in [5.41, 5.74) is 7.60.